The van der Waals surface area contributed by atoms with Crippen LogP contribution in [0.4, 0.5) is 34.1 Å². The van der Waals surface area contributed by atoms with Crippen molar-refractivity contribution in [2.45, 2.75) is 6.92 Å². The molecule has 0 bridgehead atoms. The number of esters is 1. The van der Waals surface area contributed by atoms with E-state index in [0.717, 1.165) is 34.1 Å². The zero-order valence-corrected chi connectivity index (χ0v) is 20.0. The van der Waals surface area contributed by atoms with Crippen molar-refractivity contribution in [2.75, 3.05) is 9.80 Å². The highest BCUT2D eigenvalue weighted by atomic mass is 16.5. The van der Waals surface area contributed by atoms with Gasteiger partial charge in [0.25, 0.3) is 0 Å². The lowest BCUT2D eigenvalue weighted by atomic mass is 10.1. The van der Waals surface area contributed by atoms with E-state index in [9.17, 15) is 4.79 Å². The van der Waals surface area contributed by atoms with Gasteiger partial charge in [-0.2, -0.15) is 0 Å². The highest BCUT2D eigenvalue weighted by Gasteiger charge is 2.16. The Bertz CT molecular complexity index is 1380. The predicted octanol–water partition coefficient (Wildman–Crippen LogP) is 8.55. The zero-order chi connectivity index (χ0) is 24.7. The summed E-state index contributed by atoms with van der Waals surface area (Å²) in [6.45, 7) is 1.41. The number of rotatable bonds is 7. The molecule has 0 saturated carbocycles. The molecular weight excluding hydrogens is 444 g/mol. The lowest BCUT2D eigenvalue weighted by Gasteiger charge is -2.28. The third kappa shape index (κ3) is 5.13. The average molecular weight is 471 g/mol. The van der Waals surface area contributed by atoms with Crippen LogP contribution in [0.25, 0.3) is 0 Å². The van der Waals surface area contributed by atoms with Gasteiger partial charge in [0.15, 0.2) is 0 Å². The van der Waals surface area contributed by atoms with Crippen LogP contribution in [0.2, 0.25) is 0 Å². The highest BCUT2D eigenvalue weighted by Crippen LogP contribution is 2.39. The first kappa shape index (κ1) is 22.9. The number of carbonyl (C=O) groups is 1. The number of anilines is 6. The second kappa shape index (κ2) is 10.6. The number of para-hydroxylation sites is 3. The van der Waals surface area contributed by atoms with Crippen LogP contribution in [0, 0.1) is 0 Å². The third-order valence-corrected chi connectivity index (χ3v) is 5.75. The van der Waals surface area contributed by atoms with Crippen molar-refractivity contribution in [1.82, 2.24) is 0 Å². The molecule has 0 aromatic heterocycles. The van der Waals surface area contributed by atoms with Crippen molar-refractivity contribution in [3.8, 4) is 5.75 Å². The van der Waals surface area contributed by atoms with Gasteiger partial charge in [-0.3, -0.25) is 4.79 Å². The summed E-state index contributed by atoms with van der Waals surface area (Å²) in [5, 5.41) is 0. The summed E-state index contributed by atoms with van der Waals surface area (Å²) in [4.78, 5) is 15.9. The Morgan fingerprint density at radius 2 is 0.833 bits per heavy atom. The number of hydrogen-bond acceptors (Lipinski definition) is 4. The van der Waals surface area contributed by atoms with Gasteiger partial charge in [-0.15, -0.1) is 0 Å². The first-order valence-electron chi connectivity index (χ1n) is 11.8. The fourth-order valence-corrected chi connectivity index (χ4v) is 4.23. The van der Waals surface area contributed by atoms with Crippen LogP contribution in [0.3, 0.4) is 0 Å². The summed E-state index contributed by atoms with van der Waals surface area (Å²) in [5.41, 5.74) is 6.13. The Labute approximate surface area is 211 Å². The summed E-state index contributed by atoms with van der Waals surface area (Å²) >= 11 is 0. The maximum absolute atomic E-state index is 11.5. The molecule has 5 aromatic carbocycles. The molecule has 36 heavy (non-hydrogen) atoms. The number of carbonyl (C=O) groups excluding carboxylic acids is 1. The molecule has 0 heterocycles. The lowest BCUT2D eigenvalue weighted by Crippen LogP contribution is -2.12. The van der Waals surface area contributed by atoms with E-state index in [1.54, 1.807) is 6.07 Å². The van der Waals surface area contributed by atoms with Crippen LogP contribution in [0.5, 0.6) is 5.75 Å². The molecule has 0 amide bonds. The molecule has 0 unspecified atom stereocenters. The predicted molar refractivity (Wildman–Crippen MR) is 147 cm³/mol. The molecule has 0 fully saturated rings. The number of nitrogens with zero attached hydrogens (tertiary/aromatic N) is 2. The maximum Gasteiger partial charge on any atom is 0.308 e. The molecule has 4 heteroatoms. The molecule has 0 spiro atoms. The van der Waals surface area contributed by atoms with E-state index in [0.29, 0.717) is 5.75 Å². The Morgan fingerprint density at radius 3 is 1.25 bits per heavy atom. The van der Waals surface area contributed by atoms with Gasteiger partial charge in [0.05, 0.1) is 0 Å². The molecule has 0 radical (unpaired) electrons. The highest BCUT2D eigenvalue weighted by molar-refractivity contribution is 5.81. The number of benzene rings is 5. The van der Waals surface area contributed by atoms with Crippen LogP contribution >= 0.6 is 0 Å². The number of ether oxygens (including phenoxy) is 1. The molecule has 0 aliphatic rings. The number of hydrogen-bond donors (Lipinski definition) is 0. The third-order valence-electron chi connectivity index (χ3n) is 5.75. The van der Waals surface area contributed by atoms with Crippen molar-refractivity contribution >= 4 is 40.1 Å². The Balaban J connectivity index is 1.56. The second-order valence-corrected chi connectivity index (χ2v) is 8.28. The molecule has 4 nitrogen and oxygen atoms in total. The van der Waals surface area contributed by atoms with Crippen LogP contribution in [0.1, 0.15) is 6.92 Å². The molecule has 176 valence electrons. The fourth-order valence-electron chi connectivity index (χ4n) is 4.23. The smallest absolute Gasteiger partial charge is 0.308 e. The van der Waals surface area contributed by atoms with E-state index in [1.807, 2.05) is 72.8 Å². The monoisotopic (exact) mass is 470 g/mol. The molecule has 0 N–H and O–H groups in total. The zero-order valence-electron chi connectivity index (χ0n) is 20.0. The van der Waals surface area contributed by atoms with Crippen LogP contribution in [0.15, 0.2) is 140 Å². The van der Waals surface area contributed by atoms with Gasteiger partial charge in [0.2, 0.25) is 0 Å². The standard InChI is InChI=1S/C32H26N2O2/c1-25(35)36-32-19-11-18-31(24-32)34(28-16-9-4-10-17-28)30-22-20-29(21-23-30)33(26-12-5-2-6-13-26)27-14-7-3-8-15-27/h2-24H,1H3. The minimum atomic E-state index is -0.343. The van der Waals surface area contributed by atoms with E-state index >= 15 is 0 Å². The Hall–Kier alpha value is -4.83. The van der Waals surface area contributed by atoms with Gasteiger partial charge in [-0.25, -0.2) is 0 Å². The minimum Gasteiger partial charge on any atom is -0.427 e. The summed E-state index contributed by atoms with van der Waals surface area (Å²) in [6.07, 6.45) is 0. The quantitative estimate of drug-likeness (QED) is 0.176. The van der Waals surface area contributed by atoms with Gasteiger partial charge < -0.3 is 14.5 Å². The second-order valence-electron chi connectivity index (χ2n) is 8.28. The van der Waals surface area contributed by atoms with Crippen molar-refractivity contribution in [3.63, 3.8) is 0 Å². The van der Waals surface area contributed by atoms with E-state index in [1.165, 1.54) is 6.92 Å². The van der Waals surface area contributed by atoms with E-state index in [-0.39, 0.29) is 5.97 Å². The van der Waals surface area contributed by atoms with Crippen molar-refractivity contribution in [1.29, 1.82) is 0 Å². The molecule has 0 aliphatic heterocycles. The normalized spacial score (nSPS) is 10.5. The van der Waals surface area contributed by atoms with Gasteiger partial charge in [0.1, 0.15) is 5.75 Å². The van der Waals surface area contributed by atoms with Gasteiger partial charge >= 0.3 is 5.97 Å². The van der Waals surface area contributed by atoms with Crippen molar-refractivity contribution < 1.29 is 9.53 Å². The van der Waals surface area contributed by atoms with E-state index in [4.69, 9.17) is 4.74 Å². The van der Waals surface area contributed by atoms with Gasteiger partial charge in [-0.05, 0) is 72.8 Å². The molecule has 0 aliphatic carbocycles. The summed E-state index contributed by atoms with van der Waals surface area (Å²) in [6, 6.07) is 46.9. The maximum atomic E-state index is 11.5. The first-order chi connectivity index (χ1) is 17.7. The largest absolute Gasteiger partial charge is 0.427 e. The minimum absolute atomic E-state index is 0.343. The lowest BCUT2D eigenvalue weighted by molar-refractivity contribution is -0.131. The fraction of sp³-hybridized carbons (Fsp3) is 0.0312. The molecule has 0 atom stereocenters. The molecule has 5 rings (SSSR count). The van der Waals surface area contributed by atoms with E-state index < -0.39 is 0 Å². The summed E-state index contributed by atoms with van der Waals surface area (Å²) < 4.78 is 5.35. The summed E-state index contributed by atoms with van der Waals surface area (Å²) in [7, 11) is 0. The van der Waals surface area contributed by atoms with Crippen molar-refractivity contribution in [3.05, 3.63) is 140 Å². The SMILES string of the molecule is CC(=O)Oc1cccc(N(c2ccccc2)c2ccc(N(c3ccccc3)c3ccccc3)cc2)c1. The van der Waals surface area contributed by atoms with Gasteiger partial charge in [-0.1, -0.05) is 60.7 Å². The van der Waals surface area contributed by atoms with Gasteiger partial charge in [0, 0.05) is 47.1 Å². The molecular formula is C32H26N2O2. The van der Waals surface area contributed by atoms with Crippen LogP contribution in [-0.4, -0.2) is 5.97 Å². The average Bonchev–Trinajstić information content (AvgIpc) is 2.92. The van der Waals surface area contributed by atoms with Crippen LogP contribution < -0.4 is 14.5 Å². The first-order valence-corrected chi connectivity index (χ1v) is 11.8. The van der Waals surface area contributed by atoms with E-state index in [2.05, 4.69) is 70.5 Å². The van der Waals surface area contributed by atoms with Crippen LogP contribution in [-0.2, 0) is 4.79 Å². The summed E-state index contributed by atoms with van der Waals surface area (Å²) in [5.74, 6) is 0.168. The Morgan fingerprint density at radius 1 is 0.472 bits per heavy atom. The van der Waals surface area contributed by atoms with Crippen molar-refractivity contribution in [2.24, 2.45) is 0 Å². The topological polar surface area (TPSA) is 32.8 Å². The molecule has 5 aromatic rings. The Kier molecular flexibility index (Phi) is 6.77. The molecule has 0 saturated heterocycles.